The van der Waals surface area contributed by atoms with Crippen LogP contribution in [-0.2, 0) is 14.3 Å². The number of allylic oxidation sites excluding steroid dienone is 1. The van der Waals surface area contributed by atoms with Gasteiger partial charge in [-0.3, -0.25) is 9.59 Å². The first kappa shape index (κ1) is 80.6. The van der Waals surface area contributed by atoms with Gasteiger partial charge in [-0.05, 0) is 32.1 Å². The van der Waals surface area contributed by atoms with E-state index in [4.69, 9.17) is 4.74 Å². The lowest BCUT2D eigenvalue weighted by atomic mass is 10.0. The van der Waals surface area contributed by atoms with Gasteiger partial charge in [0.2, 0.25) is 5.91 Å². The van der Waals surface area contributed by atoms with Crippen molar-refractivity contribution in [2.24, 2.45) is 0 Å². The highest BCUT2D eigenvalue weighted by atomic mass is 16.5. The Hall–Kier alpha value is -1.40. The fourth-order valence-corrected chi connectivity index (χ4v) is 12.3. The second-order valence-corrected chi connectivity index (χ2v) is 26.4. The van der Waals surface area contributed by atoms with E-state index in [1.807, 2.05) is 6.08 Å². The van der Waals surface area contributed by atoms with E-state index in [1.165, 1.54) is 372 Å². The molecule has 0 aliphatic heterocycles. The Labute approximate surface area is 514 Å². The summed E-state index contributed by atoms with van der Waals surface area (Å²) in [5.74, 6) is -0.0369. The van der Waals surface area contributed by atoms with Crippen LogP contribution in [0.1, 0.15) is 438 Å². The Morgan fingerprint density at radius 3 is 0.829 bits per heavy atom. The molecule has 0 fully saturated rings. The number of aliphatic hydroxyl groups excluding tert-OH is 2. The average molecular weight is 1160 g/mol. The number of aliphatic hydroxyl groups is 2. The van der Waals surface area contributed by atoms with Crippen molar-refractivity contribution in [3.8, 4) is 0 Å². The highest BCUT2D eigenvalue weighted by Crippen LogP contribution is 2.20. The molecule has 0 bridgehead atoms. The number of esters is 1. The topological polar surface area (TPSA) is 95.9 Å². The Morgan fingerprint density at radius 2 is 0.561 bits per heavy atom. The smallest absolute Gasteiger partial charge is 0.305 e. The van der Waals surface area contributed by atoms with Crippen molar-refractivity contribution < 1.29 is 24.5 Å². The van der Waals surface area contributed by atoms with Crippen LogP contribution < -0.4 is 5.32 Å². The zero-order valence-corrected chi connectivity index (χ0v) is 56.0. The summed E-state index contributed by atoms with van der Waals surface area (Å²) < 4.78 is 5.52. The van der Waals surface area contributed by atoms with Crippen LogP contribution in [0.4, 0.5) is 0 Å². The quantitative estimate of drug-likeness (QED) is 0.0320. The van der Waals surface area contributed by atoms with Crippen LogP contribution in [0.15, 0.2) is 12.2 Å². The first-order chi connectivity index (χ1) is 40.5. The molecule has 0 radical (unpaired) electrons. The molecular weight excluding hydrogens is 1010 g/mol. The average Bonchev–Trinajstić information content (AvgIpc) is 3.48. The van der Waals surface area contributed by atoms with Crippen LogP contribution in [0.2, 0.25) is 0 Å². The Kier molecular flexibility index (Phi) is 70.8. The lowest BCUT2D eigenvalue weighted by molar-refractivity contribution is -0.143. The number of hydrogen-bond acceptors (Lipinski definition) is 5. The van der Waals surface area contributed by atoms with Crippen LogP contribution in [0.25, 0.3) is 0 Å². The van der Waals surface area contributed by atoms with Gasteiger partial charge in [0.05, 0.1) is 25.4 Å². The van der Waals surface area contributed by atoms with Gasteiger partial charge in [-0.15, -0.1) is 0 Å². The third-order valence-corrected chi connectivity index (χ3v) is 18.1. The second-order valence-electron chi connectivity index (χ2n) is 26.4. The normalized spacial score (nSPS) is 12.5. The summed E-state index contributed by atoms with van der Waals surface area (Å²) in [5, 5.41) is 23.2. The maximum atomic E-state index is 12.5. The van der Waals surface area contributed by atoms with E-state index >= 15 is 0 Å². The van der Waals surface area contributed by atoms with Crippen molar-refractivity contribution in [1.82, 2.24) is 5.32 Å². The van der Waals surface area contributed by atoms with Gasteiger partial charge in [0, 0.05) is 12.8 Å². The Balaban J connectivity index is 3.34. The van der Waals surface area contributed by atoms with Crippen molar-refractivity contribution in [2.45, 2.75) is 450 Å². The molecule has 0 spiro atoms. The van der Waals surface area contributed by atoms with Gasteiger partial charge in [-0.2, -0.15) is 0 Å². The number of hydrogen-bond donors (Lipinski definition) is 3. The van der Waals surface area contributed by atoms with Gasteiger partial charge < -0.3 is 20.3 Å². The minimum absolute atomic E-state index is 0.0238. The monoisotopic (exact) mass is 1160 g/mol. The maximum absolute atomic E-state index is 12.5. The summed E-state index contributed by atoms with van der Waals surface area (Å²) in [4.78, 5) is 24.7. The van der Waals surface area contributed by atoms with Gasteiger partial charge in [0.15, 0.2) is 0 Å². The summed E-state index contributed by atoms with van der Waals surface area (Å²) in [6, 6.07) is -0.626. The molecule has 0 saturated heterocycles. The highest BCUT2D eigenvalue weighted by molar-refractivity contribution is 5.76. The third kappa shape index (κ3) is 67.7. The predicted octanol–water partition coefficient (Wildman–Crippen LogP) is 24.7. The SMILES string of the molecule is CCCCCCCCCCCCCCCCCCC/C=C/C(O)C(CO)NC(=O)CCCCCCCCCCCCCCCCCCCCCCCCCCCCCOC(=O)CCCCCCCCCCCCCCCCCCCCC. The summed E-state index contributed by atoms with van der Waals surface area (Å²) in [6.45, 7) is 4.96. The third-order valence-electron chi connectivity index (χ3n) is 18.1. The molecule has 0 aromatic carbocycles. The molecule has 0 aromatic heterocycles. The van der Waals surface area contributed by atoms with Crippen molar-refractivity contribution >= 4 is 11.9 Å². The van der Waals surface area contributed by atoms with Gasteiger partial charge in [0.25, 0.3) is 0 Å². The van der Waals surface area contributed by atoms with Crippen LogP contribution in [-0.4, -0.2) is 47.4 Å². The minimum atomic E-state index is -0.843. The van der Waals surface area contributed by atoms with Crippen molar-refractivity contribution in [3.63, 3.8) is 0 Å². The van der Waals surface area contributed by atoms with Crippen LogP contribution in [0.3, 0.4) is 0 Å². The lowest BCUT2D eigenvalue weighted by Gasteiger charge is -2.20. The van der Waals surface area contributed by atoms with Gasteiger partial charge >= 0.3 is 5.97 Å². The van der Waals surface area contributed by atoms with Gasteiger partial charge in [0.1, 0.15) is 0 Å². The van der Waals surface area contributed by atoms with E-state index in [0.717, 1.165) is 38.5 Å². The molecule has 6 nitrogen and oxygen atoms in total. The molecule has 3 N–H and O–H groups in total. The fourth-order valence-electron chi connectivity index (χ4n) is 12.3. The number of rotatable bonds is 72. The molecule has 6 heteroatoms. The van der Waals surface area contributed by atoms with Crippen LogP contribution in [0, 0.1) is 0 Å². The molecule has 488 valence electrons. The first-order valence-corrected chi connectivity index (χ1v) is 38.0. The van der Waals surface area contributed by atoms with E-state index in [9.17, 15) is 19.8 Å². The molecule has 0 heterocycles. The van der Waals surface area contributed by atoms with Crippen molar-refractivity contribution in [2.75, 3.05) is 13.2 Å². The Bertz CT molecular complexity index is 1240. The molecule has 0 aromatic rings. The fraction of sp³-hybridized carbons (Fsp3) is 0.947. The molecule has 1 amide bonds. The van der Waals surface area contributed by atoms with E-state index < -0.39 is 12.1 Å². The predicted molar refractivity (Wildman–Crippen MR) is 361 cm³/mol. The second kappa shape index (κ2) is 72.1. The van der Waals surface area contributed by atoms with Gasteiger partial charge in [-0.1, -0.05) is 405 Å². The molecule has 2 unspecified atom stereocenters. The Morgan fingerprint density at radius 1 is 0.329 bits per heavy atom. The van der Waals surface area contributed by atoms with Crippen molar-refractivity contribution in [3.05, 3.63) is 12.2 Å². The van der Waals surface area contributed by atoms with E-state index in [0.29, 0.717) is 19.4 Å². The molecular formula is C76H149NO5. The molecule has 2 atom stereocenters. The molecule has 0 rings (SSSR count). The summed E-state index contributed by atoms with van der Waals surface area (Å²) in [7, 11) is 0. The summed E-state index contributed by atoms with van der Waals surface area (Å²) in [5.41, 5.74) is 0. The highest BCUT2D eigenvalue weighted by Gasteiger charge is 2.18. The van der Waals surface area contributed by atoms with E-state index in [1.54, 1.807) is 6.08 Å². The van der Waals surface area contributed by atoms with E-state index in [-0.39, 0.29) is 18.5 Å². The zero-order chi connectivity index (χ0) is 59.2. The molecule has 0 saturated carbocycles. The number of carbonyl (C=O) groups is 2. The minimum Gasteiger partial charge on any atom is -0.466 e. The van der Waals surface area contributed by atoms with E-state index in [2.05, 4.69) is 19.2 Å². The number of amides is 1. The number of unbranched alkanes of at least 4 members (excludes halogenated alkanes) is 61. The lowest BCUT2D eigenvalue weighted by Crippen LogP contribution is -2.45. The maximum Gasteiger partial charge on any atom is 0.305 e. The van der Waals surface area contributed by atoms with Crippen LogP contribution in [0.5, 0.6) is 0 Å². The summed E-state index contributed by atoms with van der Waals surface area (Å²) in [6.07, 6.45) is 90.3. The molecule has 0 aliphatic rings. The standard InChI is InChI=1S/C76H149NO5/c1-3-5-7-9-11-13-15-17-19-21-32-36-40-44-48-52-56-60-64-68-74(79)73(72-78)77-75(80)69-65-61-57-53-49-45-41-37-34-30-28-26-24-23-25-27-29-31-35-39-43-47-51-55-59-63-67-71-82-76(81)70-66-62-58-54-50-46-42-38-33-22-20-18-16-14-12-10-8-6-4-2/h64,68,73-74,78-79H,3-63,65-67,69-72H2,1-2H3,(H,77,80)/b68-64+. The summed E-state index contributed by atoms with van der Waals surface area (Å²) >= 11 is 0. The number of ether oxygens (including phenoxy) is 1. The molecule has 82 heavy (non-hydrogen) atoms. The molecule has 0 aliphatic carbocycles. The van der Waals surface area contributed by atoms with Crippen molar-refractivity contribution in [1.29, 1.82) is 0 Å². The van der Waals surface area contributed by atoms with Crippen LogP contribution >= 0.6 is 0 Å². The zero-order valence-electron chi connectivity index (χ0n) is 56.0. The first-order valence-electron chi connectivity index (χ1n) is 38.0. The number of carbonyl (C=O) groups excluding carboxylic acids is 2. The largest absolute Gasteiger partial charge is 0.466 e. The van der Waals surface area contributed by atoms with Gasteiger partial charge in [-0.25, -0.2) is 0 Å². The number of nitrogens with one attached hydrogen (secondary N) is 1.